The van der Waals surface area contributed by atoms with Crippen molar-refractivity contribution >= 4 is 11.9 Å². The molecule has 1 unspecified atom stereocenters. The van der Waals surface area contributed by atoms with Crippen LogP contribution in [0.25, 0.3) is 0 Å². The number of nitrogens with one attached hydrogen (secondary N) is 1. The Balaban J connectivity index is 2.26. The summed E-state index contributed by atoms with van der Waals surface area (Å²) in [5.41, 5.74) is 0. The van der Waals surface area contributed by atoms with Gasteiger partial charge < -0.3 is 10.4 Å². The van der Waals surface area contributed by atoms with Crippen LogP contribution in [0.15, 0.2) is 12.7 Å². The molecule has 1 aliphatic rings. The highest BCUT2D eigenvalue weighted by atomic mass is 16.4. The highest BCUT2D eigenvalue weighted by Crippen LogP contribution is 2.27. The van der Waals surface area contributed by atoms with Crippen LogP contribution in [0.3, 0.4) is 0 Å². The number of carbonyl (C=O) groups is 2. The molecule has 0 aliphatic heterocycles. The quantitative estimate of drug-likeness (QED) is 0.664. The number of hydrogen-bond donors (Lipinski definition) is 2. The van der Waals surface area contributed by atoms with Crippen molar-refractivity contribution in [1.82, 2.24) is 5.32 Å². The summed E-state index contributed by atoms with van der Waals surface area (Å²) in [5, 5.41) is 11.6. The Morgan fingerprint density at radius 3 is 2.58 bits per heavy atom. The maximum Gasteiger partial charge on any atom is 0.326 e. The maximum absolute atomic E-state index is 11.8. The van der Waals surface area contributed by atoms with Crippen molar-refractivity contribution in [2.45, 2.75) is 63.8 Å². The third kappa shape index (κ3) is 6.41. The summed E-state index contributed by atoms with van der Waals surface area (Å²) in [6, 6.07) is -0.781. The largest absolute Gasteiger partial charge is 0.480 e. The Hall–Kier alpha value is -1.32. The van der Waals surface area contributed by atoms with Gasteiger partial charge in [0.05, 0.1) is 0 Å². The number of carbonyl (C=O) groups excluding carboxylic acids is 1. The Kier molecular flexibility index (Phi) is 7.23. The highest BCUT2D eigenvalue weighted by molar-refractivity contribution is 5.83. The standard InChI is InChI=1S/C15H25NO3/c1-2-3-9-13(15(18)19)16-14(17)11-10-12-7-5-4-6-8-12/h2,12-13H,1,3-11H2,(H,16,17)(H,18,19). The minimum Gasteiger partial charge on any atom is -0.480 e. The summed E-state index contributed by atoms with van der Waals surface area (Å²) in [6.45, 7) is 3.56. The van der Waals surface area contributed by atoms with Gasteiger partial charge in [-0.1, -0.05) is 38.2 Å². The summed E-state index contributed by atoms with van der Waals surface area (Å²) in [5.74, 6) is -0.453. The lowest BCUT2D eigenvalue weighted by Crippen LogP contribution is -2.40. The van der Waals surface area contributed by atoms with Crippen LogP contribution in [0, 0.1) is 5.92 Å². The fourth-order valence-electron chi connectivity index (χ4n) is 2.62. The van der Waals surface area contributed by atoms with Gasteiger partial charge in [0.25, 0.3) is 0 Å². The van der Waals surface area contributed by atoms with E-state index in [9.17, 15) is 9.59 Å². The van der Waals surface area contributed by atoms with Crippen molar-refractivity contribution in [2.24, 2.45) is 5.92 Å². The minimum absolute atomic E-state index is 0.137. The average Bonchev–Trinajstić information content (AvgIpc) is 2.42. The van der Waals surface area contributed by atoms with Gasteiger partial charge in [-0.05, 0) is 25.2 Å². The zero-order valence-electron chi connectivity index (χ0n) is 11.6. The van der Waals surface area contributed by atoms with Crippen LogP contribution in [0.1, 0.15) is 57.8 Å². The fourth-order valence-corrected chi connectivity index (χ4v) is 2.62. The summed E-state index contributed by atoms with van der Waals surface area (Å²) >= 11 is 0. The molecule has 1 amide bonds. The number of hydrogen-bond acceptors (Lipinski definition) is 2. The van der Waals surface area contributed by atoms with E-state index >= 15 is 0 Å². The van der Waals surface area contributed by atoms with Crippen molar-refractivity contribution in [3.05, 3.63) is 12.7 Å². The number of allylic oxidation sites excluding steroid dienone is 1. The molecule has 108 valence electrons. The number of carboxylic acids is 1. The maximum atomic E-state index is 11.8. The van der Waals surface area contributed by atoms with E-state index in [0.717, 1.165) is 6.42 Å². The number of carboxylic acid groups (broad SMARTS) is 1. The normalized spacial score (nSPS) is 17.7. The molecule has 0 saturated heterocycles. The van der Waals surface area contributed by atoms with Crippen LogP contribution in [-0.2, 0) is 9.59 Å². The fraction of sp³-hybridized carbons (Fsp3) is 0.733. The molecule has 0 spiro atoms. The second-order valence-electron chi connectivity index (χ2n) is 5.37. The first-order chi connectivity index (χ1) is 9.13. The molecule has 1 saturated carbocycles. The molecule has 0 radical (unpaired) electrons. The lowest BCUT2D eigenvalue weighted by atomic mass is 9.86. The van der Waals surface area contributed by atoms with Crippen molar-refractivity contribution in [3.8, 4) is 0 Å². The molecular formula is C15H25NO3. The summed E-state index contributed by atoms with van der Waals surface area (Å²) in [6.07, 6.45) is 10.3. The van der Waals surface area contributed by atoms with E-state index in [4.69, 9.17) is 5.11 Å². The van der Waals surface area contributed by atoms with Crippen LogP contribution in [-0.4, -0.2) is 23.0 Å². The SMILES string of the molecule is C=CCCC(NC(=O)CCC1CCCCC1)C(=O)O. The molecular weight excluding hydrogens is 242 g/mol. The molecule has 1 fully saturated rings. The Labute approximate surface area is 115 Å². The van der Waals surface area contributed by atoms with Crippen molar-refractivity contribution in [2.75, 3.05) is 0 Å². The van der Waals surface area contributed by atoms with Gasteiger partial charge in [0.15, 0.2) is 0 Å². The molecule has 0 aromatic carbocycles. The molecule has 0 heterocycles. The molecule has 2 N–H and O–H groups in total. The van der Waals surface area contributed by atoms with E-state index in [1.807, 2.05) is 0 Å². The highest BCUT2D eigenvalue weighted by Gasteiger charge is 2.20. The third-order valence-corrected chi connectivity index (χ3v) is 3.80. The lowest BCUT2D eigenvalue weighted by Gasteiger charge is -2.21. The minimum atomic E-state index is -0.965. The number of aliphatic carboxylic acids is 1. The van der Waals surface area contributed by atoms with E-state index in [1.54, 1.807) is 6.08 Å². The predicted octanol–water partition coefficient (Wildman–Crippen LogP) is 2.88. The molecule has 0 bridgehead atoms. The first-order valence-corrected chi connectivity index (χ1v) is 7.26. The van der Waals surface area contributed by atoms with Gasteiger partial charge in [-0.3, -0.25) is 4.79 Å². The first kappa shape index (κ1) is 15.7. The van der Waals surface area contributed by atoms with E-state index in [0.29, 0.717) is 25.2 Å². The number of rotatable bonds is 8. The predicted molar refractivity (Wildman–Crippen MR) is 74.8 cm³/mol. The van der Waals surface area contributed by atoms with Crippen LogP contribution < -0.4 is 5.32 Å². The molecule has 1 rings (SSSR count). The zero-order valence-corrected chi connectivity index (χ0v) is 11.6. The van der Waals surface area contributed by atoms with Crippen molar-refractivity contribution < 1.29 is 14.7 Å². The van der Waals surface area contributed by atoms with Crippen LogP contribution >= 0.6 is 0 Å². The monoisotopic (exact) mass is 267 g/mol. The average molecular weight is 267 g/mol. The van der Waals surface area contributed by atoms with Crippen LogP contribution in [0.5, 0.6) is 0 Å². The number of amides is 1. The molecule has 0 aromatic rings. The van der Waals surface area contributed by atoms with E-state index in [2.05, 4.69) is 11.9 Å². The van der Waals surface area contributed by atoms with Gasteiger partial charge in [0, 0.05) is 6.42 Å². The van der Waals surface area contributed by atoms with Crippen LogP contribution in [0.2, 0.25) is 0 Å². The Morgan fingerprint density at radius 2 is 2.00 bits per heavy atom. The van der Waals surface area contributed by atoms with Gasteiger partial charge in [0.1, 0.15) is 6.04 Å². The zero-order chi connectivity index (χ0) is 14.1. The molecule has 1 atom stereocenters. The molecule has 19 heavy (non-hydrogen) atoms. The first-order valence-electron chi connectivity index (χ1n) is 7.26. The molecule has 4 heteroatoms. The summed E-state index contributed by atoms with van der Waals surface area (Å²) in [4.78, 5) is 22.8. The molecule has 0 aromatic heterocycles. The third-order valence-electron chi connectivity index (χ3n) is 3.80. The summed E-state index contributed by atoms with van der Waals surface area (Å²) < 4.78 is 0. The van der Waals surface area contributed by atoms with E-state index in [1.165, 1.54) is 32.1 Å². The van der Waals surface area contributed by atoms with Crippen molar-refractivity contribution in [3.63, 3.8) is 0 Å². The van der Waals surface area contributed by atoms with Gasteiger partial charge in [0.2, 0.25) is 5.91 Å². The van der Waals surface area contributed by atoms with E-state index < -0.39 is 12.0 Å². The van der Waals surface area contributed by atoms with Crippen molar-refractivity contribution in [1.29, 1.82) is 0 Å². The topological polar surface area (TPSA) is 66.4 Å². The Morgan fingerprint density at radius 1 is 1.32 bits per heavy atom. The van der Waals surface area contributed by atoms with Gasteiger partial charge in [-0.2, -0.15) is 0 Å². The summed E-state index contributed by atoms with van der Waals surface area (Å²) in [7, 11) is 0. The van der Waals surface area contributed by atoms with Crippen LogP contribution in [0.4, 0.5) is 0 Å². The smallest absolute Gasteiger partial charge is 0.326 e. The Bertz CT molecular complexity index is 309. The molecule has 4 nitrogen and oxygen atoms in total. The second kappa shape index (κ2) is 8.73. The van der Waals surface area contributed by atoms with Gasteiger partial charge >= 0.3 is 5.97 Å². The van der Waals surface area contributed by atoms with Gasteiger partial charge in [-0.25, -0.2) is 4.79 Å². The lowest BCUT2D eigenvalue weighted by molar-refractivity contribution is -0.142. The van der Waals surface area contributed by atoms with Gasteiger partial charge in [-0.15, -0.1) is 6.58 Å². The van der Waals surface area contributed by atoms with E-state index in [-0.39, 0.29) is 5.91 Å². The molecule has 1 aliphatic carbocycles. The second-order valence-corrected chi connectivity index (χ2v) is 5.37.